The van der Waals surface area contributed by atoms with Gasteiger partial charge in [-0.15, -0.1) is 0 Å². The van der Waals surface area contributed by atoms with E-state index >= 15 is 0 Å². The molecule has 0 radical (unpaired) electrons. The van der Waals surface area contributed by atoms with Crippen molar-refractivity contribution in [1.29, 1.82) is 0 Å². The molecule has 0 aromatic heterocycles. The van der Waals surface area contributed by atoms with Crippen LogP contribution in [0.3, 0.4) is 0 Å². The van der Waals surface area contributed by atoms with Gasteiger partial charge in [0, 0.05) is 18.8 Å². The highest BCUT2D eigenvalue weighted by molar-refractivity contribution is 5.57. The number of anilines is 1. The zero-order valence-electron chi connectivity index (χ0n) is 14.0. The van der Waals surface area contributed by atoms with Crippen LogP contribution in [-0.4, -0.2) is 13.1 Å². The Labute approximate surface area is 140 Å². The lowest BCUT2D eigenvalue weighted by Gasteiger charge is -2.20. The number of rotatable bonds is 7. The van der Waals surface area contributed by atoms with Crippen LogP contribution >= 0.6 is 0 Å². The molecule has 0 aliphatic heterocycles. The quantitative estimate of drug-likeness (QED) is 0.583. The molecule has 0 bridgehead atoms. The van der Waals surface area contributed by atoms with E-state index in [2.05, 4.69) is 85.5 Å². The van der Waals surface area contributed by atoms with E-state index in [0.717, 1.165) is 13.1 Å². The van der Waals surface area contributed by atoms with Gasteiger partial charge < -0.3 is 4.90 Å². The van der Waals surface area contributed by atoms with Gasteiger partial charge in [-0.2, -0.15) is 0 Å². The van der Waals surface area contributed by atoms with E-state index in [1.807, 2.05) is 24.3 Å². The highest BCUT2D eigenvalue weighted by Crippen LogP contribution is 2.15. The molecule has 0 aliphatic carbocycles. The third kappa shape index (κ3) is 5.63. The van der Waals surface area contributed by atoms with Gasteiger partial charge in [-0.05, 0) is 37.1 Å². The first kappa shape index (κ1) is 16.8. The van der Waals surface area contributed by atoms with Gasteiger partial charge in [0.05, 0.1) is 0 Å². The summed E-state index contributed by atoms with van der Waals surface area (Å²) in [5.41, 5.74) is 3.72. The van der Waals surface area contributed by atoms with E-state index in [1.165, 1.54) is 16.8 Å². The van der Waals surface area contributed by atoms with Crippen molar-refractivity contribution in [3.8, 4) is 0 Å². The summed E-state index contributed by atoms with van der Waals surface area (Å²) in [6, 6.07) is 19.0. The Hall–Kier alpha value is -2.54. The summed E-state index contributed by atoms with van der Waals surface area (Å²) < 4.78 is 0. The predicted molar refractivity (Wildman–Crippen MR) is 104 cm³/mol. The fraction of sp³-hybridized carbons (Fsp3) is 0.182. The lowest BCUT2D eigenvalue weighted by molar-refractivity contribution is 0.866. The van der Waals surface area contributed by atoms with Crippen molar-refractivity contribution in [2.45, 2.75) is 13.8 Å². The maximum atomic E-state index is 2.35. The zero-order chi connectivity index (χ0) is 16.3. The fourth-order valence-corrected chi connectivity index (χ4v) is 2.41. The van der Waals surface area contributed by atoms with Crippen LogP contribution in [0.15, 0.2) is 78.9 Å². The molecule has 0 heterocycles. The van der Waals surface area contributed by atoms with Crippen molar-refractivity contribution in [3.05, 3.63) is 90.0 Å². The molecule has 0 spiro atoms. The maximum Gasteiger partial charge on any atom is 0.0366 e. The van der Waals surface area contributed by atoms with Gasteiger partial charge in [0.2, 0.25) is 0 Å². The fourth-order valence-electron chi connectivity index (χ4n) is 2.41. The number of hydrogen-bond acceptors (Lipinski definition) is 1. The van der Waals surface area contributed by atoms with Gasteiger partial charge in [-0.25, -0.2) is 0 Å². The van der Waals surface area contributed by atoms with Gasteiger partial charge in [0.15, 0.2) is 0 Å². The molecule has 118 valence electrons. The normalized spacial score (nSPS) is 11.7. The Morgan fingerprint density at radius 2 is 1.17 bits per heavy atom. The minimum Gasteiger partial charge on any atom is -0.372 e. The van der Waals surface area contributed by atoms with Gasteiger partial charge in [0.1, 0.15) is 0 Å². The first-order valence-electron chi connectivity index (χ1n) is 8.25. The standard InChI is InChI=1S/C22H25N/c1-3-23(4-2)22-18-16-21(17-19-22)15-9-6-5-8-12-20-13-10-7-11-14-20/h5-19H,3-4H2,1-2H3. The van der Waals surface area contributed by atoms with Crippen molar-refractivity contribution >= 4 is 17.8 Å². The third-order valence-corrected chi connectivity index (χ3v) is 3.73. The predicted octanol–water partition coefficient (Wildman–Crippen LogP) is 5.82. The Morgan fingerprint density at radius 1 is 0.652 bits per heavy atom. The Morgan fingerprint density at radius 3 is 1.70 bits per heavy atom. The Bertz CT molecular complexity index is 644. The summed E-state index contributed by atoms with van der Waals surface area (Å²) >= 11 is 0. The second-order valence-electron chi connectivity index (χ2n) is 5.28. The minimum absolute atomic E-state index is 1.04. The molecule has 0 fully saturated rings. The molecule has 23 heavy (non-hydrogen) atoms. The average molecular weight is 303 g/mol. The van der Waals surface area contributed by atoms with Crippen LogP contribution in [0, 0.1) is 0 Å². The number of hydrogen-bond donors (Lipinski definition) is 0. The van der Waals surface area contributed by atoms with Gasteiger partial charge in [-0.1, -0.05) is 78.9 Å². The van der Waals surface area contributed by atoms with Crippen LogP contribution in [0.4, 0.5) is 5.69 Å². The SMILES string of the molecule is CCN(CC)c1ccc(C=CC=CC=Cc2ccccc2)cc1. The average Bonchev–Trinajstić information content (AvgIpc) is 2.61. The molecule has 0 unspecified atom stereocenters. The van der Waals surface area contributed by atoms with E-state index in [1.54, 1.807) is 0 Å². The smallest absolute Gasteiger partial charge is 0.0366 e. The second-order valence-corrected chi connectivity index (χ2v) is 5.28. The highest BCUT2D eigenvalue weighted by atomic mass is 15.1. The maximum absolute atomic E-state index is 2.35. The van der Waals surface area contributed by atoms with Crippen molar-refractivity contribution in [1.82, 2.24) is 0 Å². The minimum atomic E-state index is 1.04. The molecule has 0 N–H and O–H groups in total. The van der Waals surface area contributed by atoms with Crippen LogP contribution in [0.2, 0.25) is 0 Å². The summed E-state index contributed by atoms with van der Waals surface area (Å²) in [6.45, 7) is 6.46. The Balaban J connectivity index is 1.88. The van der Waals surface area contributed by atoms with Crippen LogP contribution in [0.1, 0.15) is 25.0 Å². The van der Waals surface area contributed by atoms with Crippen LogP contribution in [-0.2, 0) is 0 Å². The third-order valence-electron chi connectivity index (χ3n) is 3.73. The zero-order valence-corrected chi connectivity index (χ0v) is 14.0. The summed E-state index contributed by atoms with van der Waals surface area (Å²) in [5, 5.41) is 0. The first-order chi connectivity index (χ1) is 11.3. The van der Waals surface area contributed by atoms with E-state index in [4.69, 9.17) is 0 Å². The molecule has 2 aromatic carbocycles. The molecule has 2 aromatic rings. The van der Waals surface area contributed by atoms with Crippen LogP contribution in [0.25, 0.3) is 12.2 Å². The molecule has 0 aliphatic rings. The van der Waals surface area contributed by atoms with E-state index in [9.17, 15) is 0 Å². The molecule has 1 heteroatoms. The van der Waals surface area contributed by atoms with Crippen molar-refractivity contribution in [3.63, 3.8) is 0 Å². The van der Waals surface area contributed by atoms with E-state index in [0.29, 0.717) is 0 Å². The topological polar surface area (TPSA) is 3.24 Å². The first-order valence-corrected chi connectivity index (χ1v) is 8.25. The summed E-state index contributed by atoms with van der Waals surface area (Å²) in [4.78, 5) is 2.35. The van der Waals surface area contributed by atoms with Gasteiger partial charge >= 0.3 is 0 Å². The monoisotopic (exact) mass is 303 g/mol. The lowest BCUT2D eigenvalue weighted by Crippen LogP contribution is -2.21. The van der Waals surface area contributed by atoms with Crippen molar-refractivity contribution in [2.75, 3.05) is 18.0 Å². The van der Waals surface area contributed by atoms with Gasteiger partial charge in [-0.3, -0.25) is 0 Å². The van der Waals surface area contributed by atoms with Crippen molar-refractivity contribution in [2.24, 2.45) is 0 Å². The summed E-state index contributed by atoms with van der Waals surface area (Å²) in [5.74, 6) is 0. The van der Waals surface area contributed by atoms with E-state index < -0.39 is 0 Å². The van der Waals surface area contributed by atoms with Gasteiger partial charge in [0.25, 0.3) is 0 Å². The molecule has 0 amide bonds. The van der Waals surface area contributed by atoms with Crippen LogP contribution in [0.5, 0.6) is 0 Å². The molecular formula is C22H25N. The number of allylic oxidation sites excluding steroid dienone is 4. The van der Waals surface area contributed by atoms with E-state index in [-0.39, 0.29) is 0 Å². The highest BCUT2D eigenvalue weighted by Gasteiger charge is 1.99. The molecule has 0 atom stereocenters. The second kappa shape index (κ2) is 9.47. The molecular weight excluding hydrogens is 278 g/mol. The van der Waals surface area contributed by atoms with Crippen LogP contribution < -0.4 is 4.90 Å². The van der Waals surface area contributed by atoms with Crippen molar-refractivity contribution < 1.29 is 0 Å². The Kier molecular flexibility index (Phi) is 6.93. The lowest BCUT2D eigenvalue weighted by atomic mass is 10.1. The molecule has 0 saturated heterocycles. The molecule has 2 rings (SSSR count). The number of benzene rings is 2. The molecule has 0 saturated carbocycles. The molecule has 1 nitrogen and oxygen atoms in total. The summed E-state index contributed by atoms with van der Waals surface area (Å²) in [7, 11) is 0. The number of nitrogens with zero attached hydrogens (tertiary/aromatic N) is 1. The summed E-state index contributed by atoms with van der Waals surface area (Å²) in [6.07, 6.45) is 12.5. The largest absolute Gasteiger partial charge is 0.372 e.